The minimum absolute atomic E-state index is 0.0226. The molecule has 0 spiro atoms. The van der Waals surface area contributed by atoms with Gasteiger partial charge in [-0.05, 0) is 25.4 Å². The van der Waals surface area contributed by atoms with Crippen LogP contribution in [0.4, 0.5) is 5.82 Å². The summed E-state index contributed by atoms with van der Waals surface area (Å²) in [5.41, 5.74) is 2.08. The van der Waals surface area contributed by atoms with Crippen LogP contribution in [-0.4, -0.2) is 37.8 Å². The van der Waals surface area contributed by atoms with Crippen molar-refractivity contribution in [2.75, 3.05) is 11.4 Å². The van der Waals surface area contributed by atoms with Crippen LogP contribution in [0.25, 0.3) is 22.4 Å². The maximum Gasteiger partial charge on any atom is 0.226 e. The molecule has 124 valence electrons. The number of aliphatic hydroxyl groups is 1. The summed E-state index contributed by atoms with van der Waals surface area (Å²) in [6.45, 7) is 4.06. The van der Waals surface area contributed by atoms with Gasteiger partial charge >= 0.3 is 0 Å². The maximum atomic E-state index is 10.0. The number of hydrogen-bond acceptors (Lipinski definition) is 6. The third-order valence-corrected chi connectivity index (χ3v) is 3.99. The Balaban J connectivity index is 2.29. The van der Waals surface area contributed by atoms with E-state index in [2.05, 4.69) is 19.9 Å². The summed E-state index contributed by atoms with van der Waals surface area (Å²) in [5.74, 6) is 0.420. The molecule has 0 fully saturated rings. The quantitative estimate of drug-likeness (QED) is 0.564. The van der Waals surface area contributed by atoms with Crippen molar-refractivity contribution in [1.82, 2.24) is 19.9 Å². The Morgan fingerprint density at radius 3 is 2.42 bits per heavy atom. The lowest BCUT2D eigenvalue weighted by atomic mass is 10.1. The second kappa shape index (κ2) is 6.84. The highest BCUT2D eigenvalue weighted by Gasteiger charge is 2.20. The van der Waals surface area contributed by atoms with E-state index in [9.17, 15) is 5.11 Å². The van der Waals surface area contributed by atoms with Gasteiger partial charge in [0.2, 0.25) is 5.28 Å². The number of nitrogens with zero attached hydrogens (tertiary/aromatic N) is 5. The molecule has 2 aromatic heterocycles. The van der Waals surface area contributed by atoms with Gasteiger partial charge in [-0.2, -0.15) is 9.97 Å². The number of halogens is 2. The van der Waals surface area contributed by atoms with Crippen molar-refractivity contribution >= 4 is 40.2 Å². The Kier molecular flexibility index (Phi) is 4.80. The van der Waals surface area contributed by atoms with Gasteiger partial charge in [0.05, 0.1) is 0 Å². The number of hydrogen-bond donors (Lipinski definition) is 1. The van der Waals surface area contributed by atoms with Gasteiger partial charge in [0.1, 0.15) is 11.9 Å². The highest BCUT2D eigenvalue weighted by molar-refractivity contribution is 6.32. The van der Waals surface area contributed by atoms with Gasteiger partial charge in [0.15, 0.2) is 22.1 Å². The summed E-state index contributed by atoms with van der Waals surface area (Å²) in [5, 5.41) is 10.3. The lowest BCUT2D eigenvalue weighted by Crippen LogP contribution is -2.33. The molecule has 0 saturated carbocycles. The molecule has 8 heteroatoms. The van der Waals surface area contributed by atoms with E-state index < -0.39 is 6.23 Å². The molecule has 1 aromatic carbocycles. The number of rotatable bonds is 4. The Bertz CT molecular complexity index is 873. The molecular formula is C16H15Cl2N5O. The van der Waals surface area contributed by atoms with Crippen molar-refractivity contribution < 1.29 is 5.11 Å². The minimum Gasteiger partial charge on any atom is -0.374 e. The highest BCUT2D eigenvalue weighted by atomic mass is 35.5. The molecule has 2 heterocycles. The molecule has 6 nitrogen and oxygen atoms in total. The van der Waals surface area contributed by atoms with Gasteiger partial charge < -0.3 is 10.0 Å². The molecule has 0 radical (unpaired) electrons. The summed E-state index contributed by atoms with van der Waals surface area (Å²) < 4.78 is 0. The van der Waals surface area contributed by atoms with Crippen LogP contribution in [0.3, 0.4) is 0 Å². The SMILES string of the molecule is CCN(c1nc(Cl)nc2nc(Cl)c(-c3ccccc3)nc12)C(C)O. The van der Waals surface area contributed by atoms with Gasteiger partial charge in [0.25, 0.3) is 0 Å². The van der Waals surface area contributed by atoms with E-state index in [-0.39, 0.29) is 16.1 Å². The first-order valence-corrected chi connectivity index (χ1v) is 8.17. The second-order valence-electron chi connectivity index (χ2n) is 5.14. The van der Waals surface area contributed by atoms with Crippen LogP contribution >= 0.6 is 23.2 Å². The summed E-state index contributed by atoms with van der Waals surface area (Å²) in [6, 6.07) is 9.48. The monoisotopic (exact) mass is 363 g/mol. The van der Waals surface area contributed by atoms with E-state index in [4.69, 9.17) is 23.2 Å². The maximum absolute atomic E-state index is 10.0. The van der Waals surface area contributed by atoms with Gasteiger partial charge in [-0.1, -0.05) is 41.9 Å². The Labute approximate surface area is 149 Å². The summed E-state index contributed by atoms with van der Waals surface area (Å²) in [4.78, 5) is 18.9. The van der Waals surface area contributed by atoms with Crippen molar-refractivity contribution in [3.8, 4) is 11.3 Å². The molecule has 24 heavy (non-hydrogen) atoms. The minimum atomic E-state index is -0.762. The van der Waals surface area contributed by atoms with E-state index >= 15 is 0 Å². The Morgan fingerprint density at radius 1 is 1.08 bits per heavy atom. The molecule has 1 unspecified atom stereocenters. The van der Waals surface area contributed by atoms with Crippen LogP contribution in [0.2, 0.25) is 10.4 Å². The number of aliphatic hydroxyl groups excluding tert-OH is 1. The largest absolute Gasteiger partial charge is 0.374 e. The summed E-state index contributed by atoms with van der Waals surface area (Å²) in [7, 11) is 0. The molecule has 1 atom stereocenters. The average Bonchev–Trinajstić information content (AvgIpc) is 2.55. The number of fused-ring (bicyclic) bond motifs is 1. The summed E-state index contributed by atoms with van der Waals surface area (Å²) in [6.07, 6.45) is -0.762. The molecule has 0 saturated heterocycles. The van der Waals surface area contributed by atoms with Crippen molar-refractivity contribution in [1.29, 1.82) is 0 Å². The predicted octanol–water partition coefficient (Wildman–Crippen LogP) is 3.56. The second-order valence-corrected chi connectivity index (χ2v) is 5.83. The third kappa shape index (κ3) is 3.13. The van der Waals surface area contributed by atoms with Crippen molar-refractivity contribution in [3.05, 3.63) is 40.8 Å². The first kappa shape index (κ1) is 16.8. The van der Waals surface area contributed by atoms with Crippen molar-refractivity contribution in [2.45, 2.75) is 20.1 Å². The topological polar surface area (TPSA) is 75.0 Å². The lowest BCUT2D eigenvalue weighted by molar-refractivity contribution is 0.189. The molecule has 0 aliphatic carbocycles. The smallest absolute Gasteiger partial charge is 0.226 e. The molecule has 0 aliphatic rings. The zero-order valence-electron chi connectivity index (χ0n) is 13.1. The standard InChI is InChI=1S/C16H15Cl2N5O/c1-3-23(9(2)24)15-12-14(21-16(18)22-15)20-13(17)11(19-12)10-7-5-4-6-8-10/h4-9,24H,3H2,1-2H3. The lowest BCUT2D eigenvalue weighted by Gasteiger charge is -2.25. The normalized spacial score (nSPS) is 12.4. The van der Waals surface area contributed by atoms with Crippen molar-refractivity contribution in [3.63, 3.8) is 0 Å². The zero-order chi connectivity index (χ0) is 17.3. The fourth-order valence-corrected chi connectivity index (χ4v) is 2.85. The molecule has 3 rings (SSSR count). The first-order chi connectivity index (χ1) is 11.5. The van der Waals surface area contributed by atoms with Gasteiger partial charge in [-0.15, -0.1) is 0 Å². The van der Waals surface area contributed by atoms with E-state index in [0.717, 1.165) is 5.56 Å². The van der Waals surface area contributed by atoms with E-state index in [0.29, 0.717) is 23.6 Å². The number of aromatic nitrogens is 4. The third-order valence-electron chi connectivity index (χ3n) is 3.55. The fraction of sp³-hybridized carbons (Fsp3) is 0.250. The van der Waals surface area contributed by atoms with Gasteiger partial charge in [-0.25, -0.2) is 9.97 Å². The Morgan fingerprint density at radius 2 is 1.79 bits per heavy atom. The molecule has 0 aliphatic heterocycles. The van der Waals surface area contributed by atoms with Crippen LogP contribution < -0.4 is 4.90 Å². The van der Waals surface area contributed by atoms with E-state index in [1.54, 1.807) is 11.8 Å². The number of anilines is 1. The van der Waals surface area contributed by atoms with Crippen LogP contribution in [-0.2, 0) is 0 Å². The molecule has 0 bridgehead atoms. The molecule has 1 N–H and O–H groups in total. The highest BCUT2D eigenvalue weighted by Crippen LogP contribution is 2.30. The zero-order valence-corrected chi connectivity index (χ0v) is 14.6. The van der Waals surface area contributed by atoms with Crippen molar-refractivity contribution in [2.24, 2.45) is 0 Å². The molecular weight excluding hydrogens is 349 g/mol. The molecule has 3 aromatic rings. The van der Waals surface area contributed by atoms with Crippen LogP contribution in [0.1, 0.15) is 13.8 Å². The van der Waals surface area contributed by atoms with E-state index in [1.165, 1.54) is 0 Å². The fourth-order valence-electron chi connectivity index (χ4n) is 2.46. The number of benzene rings is 1. The first-order valence-electron chi connectivity index (χ1n) is 7.42. The average molecular weight is 364 g/mol. The van der Waals surface area contributed by atoms with Gasteiger partial charge in [0, 0.05) is 12.1 Å². The van der Waals surface area contributed by atoms with E-state index in [1.807, 2.05) is 37.3 Å². The predicted molar refractivity (Wildman–Crippen MR) is 95.3 cm³/mol. The van der Waals surface area contributed by atoms with Crippen LogP contribution in [0.15, 0.2) is 30.3 Å². The Hall–Kier alpha value is -2.02. The van der Waals surface area contributed by atoms with Crippen LogP contribution in [0.5, 0.6) is 0 Å². The van der Waals surface area contributed by atoms with Crippen LogP contribution in [0, 0.1) is 0 Å². The van der Waals surface area contributed by atoms with Gasteiger partial charge in [-0.3, -0.25) is 0 Å². The molecule has 0 amide bonds. The summed E-state index contributed by atoms with van der Waals surface area (Å²) >= 11 is 12.3.